The Hall–Kier alpha value is -2.12. The van der Waals surface area contributed by atoms with Gasteiger partial charge in [-0.15, -0.1) is 0 Å². The van der Waals surface area contributed by atoms with Crippen LogP contribution in [0.4, 0.5) is 0 Å². The van der Waals surface area contributed by atoms with Gasteiger partial charge in [-0.05, 0) is 51.4 Å². The average Bonchev–Trinajstić information content (AvgIpc) is 3.30. The lowest BCUT2D eigenvalue weighted by atomic mass is 9.99. The molecule has 11 heteroatoms. The average molecular weight is 1200 g/mol. The number of nitrogens with one attached hydrogen (secondary N) is 1. The first-order chi connectivity index (χ1) is 41.7. The minimum Gasteiger partial charge on any atom is -0.466 e. The first-order valence-electron chi connectivity index (χ1n) is 36.8. The summed E-state index contributed by atoms with van der Waals surface area (Å²) < 4.78 is 16.7. The molecule has 85 heavy (non-hydrogen) atoms. The van der Waals surface area contributed by atoms with Gasteiger partial charge in [0.25, 0.3) is 0 Å². The summed E-state index contributed by atoms with van der Waals surface area (Å²) in [5, 5.41) is 54.4. The van der Waals surface area contributed by atoms with Gasteiger partial charge in [0.1, 0.15) is 24.4 Å². The number of unbranched alkanes of at least 4 members (excludes halogenated alkanes) is 47. The molecule has 1 amide bonds. The number of ether oxygens (including phenoxy) is 3. The third-order valence-electron chi connectivity index (χ3n) is 17.5. The molecule has 7 unspecified atom stereocenters. The fourth-order valence-corrected chi connectivity index (χ4v) is 11.7. The second-order valence-corrected chi connectivity index (χ2v) is 25.6. The summed E-state index contributed by atoms with van der Waals surface area (Å²) >= 11 is 0. The largest absolute Gasteiger partial charge is 0.466 e. The van der Waals surface area contributed by atoms with Gasteiger partial charge in [0, 0.05) is 12.8 Å². The second kappa shape index (κ2) is 63.4. The lowest BCUT2D eigenvalue weighted by Gasteiger charge is -2.40. The van der Waals surface area contributed by atoms with Crippen LogP contribution in [0.2, 0.25) is 0 Å². The number of rotatable bonds is 65. The number of hydrogen-bond acceptors (Lipinski definition) is 10. The van der Waals surface area contributed by atoms with E-state index in [0.717, 1.165) is 64.2 Å². The van der Waals surface area contributed by atoms with E-state index in [4.69, 9.17) is 14.2 Å². The van der Waals surface area contributed by atoms with E-state index < -0.39 is 49.5 Å². The Labute approximate surface area is 523 Å². The van der Waals surface area contributed by atoms with Crippen molar-refractivity contribution in [2.45, 2.75) is 403 Å². The van der Waals surface area contributed by atoms with Gasteiger partial charge >= 0.3 is 5.97 Å². The topological polar surface area (TPSA) is 175 Å². The first-order valence-corrected chi connectivity index (χ1v) is 36.8. The Morgan fingerprint density at radius 1 is 0.424 bits per heavy atom. The van der Waals surface area contributed by atoms with Crippen LogP contribution in [0.15, 0.2) is 36.5 Å². The fourth-order valence-electron chi connectivity index (χ4n) is 11.7. The maximum atomic E-state index is 13.1. The predicted molar refractivity (Wildman–Crippen MR) is 357 cm³/mol. The summed E-state index contributed by atoms with van der Waals surface area (Å²) in [6, 6.07) is -0.831. The van der Waals surface area contributed by atoms with Crippen molar-refractivity contribution < 1.29 is 49.3 Å². The van der Waals surface area contributed by atoms with Crippen molar-refractivity contribution in [3.05, 3.63) is 36.5 Å². The standard InChI is InChI=1S/C74H139NO10/c1-3-5-7-9-11-13-15-40-44-48-52-56-60-67(77)66(65-84-74-73(82)72(81)71(80)68(64-76)85-74)75-69(78)61-57-53-49-45-41-38-36-34-32-30-28-26-24-22-20-18-17-19-21-23-25-27-29-31-33-35-37-39-43-47-51-55-59-63-83-70(79)62-58-54-50-46-42-16-14-12-10-8-6-4-2/h9,11,40,44,56,60,66-68,71-74,76-77,80-82H,3-8,10,12-39,41-43,45-55,57-59,61-65H2,1-2H3,(H,75,78)/b11-9+,44-40+,60-56+. The predicted octanol–water partition coefficient (Wildman–Crippen LogP) is 19.0. The smallest absolute Gasteiger partial charge is 0.305 e. The van der Waals surface area contributed by atoms with E-state index in [0.29, 0.717) is 19.4 Å². The quantitative estimate of drug-likeness (QED) is 0.0195. The Morgan fingerprint density at radius 3 is 1.15 bits per heavy atom. The van der Waals surface area contributed by atoms with Crippen molar-refractivity contribution in [3.8, 4) is 0 Å². The van der Waals surface area contributed by atoms with E-state index in [1.54, 1.807) is 6.08 Å². The molecule has 1 aliphatic rings. The van der Waals surface area contributed by atoms with Gasteiger partial charge in [-0.3, -0.25) is 9.59 Å². The number of allylic oxidation sites excluding steroid dienone is 5. The van der Waals surface area contributed by atoms with E-state index in [-0.39, 0.29) is 18.5 Å². The third kappa shape index (κ3) is 52.4. The molecule has 0 bridgehead atoms. The van der Waals surface area contributed by atoms with Crippen LogP contribution in [0, 0.1) is 0 Å². The number of aliphatic hydroxyl groups is 5. The van der Waals surface area contributed by atoms with Crippen molar-refractivity contribution in [3.63, 3.8) is 0 Å². The Morgan fingerprint density at radius 2 is 0.765 bits per heavy atom. The maximum Gasteiger partial charge on any atom is 0.305 e. The molecule has 0 saturated carbocycles. The molecule has 0 spiro atoms. The number of amides is 1. The van der Waals surface area contributed by atoms with Crippen LogP contribution in [0.5, 0.6) is 0 Å². The molecular formula is C74H139NO10. The molecule has 0 aromatic heterocycles. The SMILES string of the molecule is CCCC/C=C/CC/C=C/CC/C=C/C(O)C(COC1OC(CO)C(O)C(O)C1O)NC(=O)CCCCCCCCCCCCCCCCCCCCCCCCCCCCCCCCCCCOC(=O)CCCCCCCCCCCCCC. The molecule has 0 aromatic carbocycles. The summed E-state index contributed by atoms with van der Waals surface area (Å²) in [6.45, 7) is 4.31. The molecular weight excluding hydrogens is 1060 g/mol. The highest BCUT2D eigenvalue weighted by molar-refractivity contribution is 5.76. The molecule has 1 fully saturated rings. The molecule has 0 aliphatic carbocycles. The molecule has 7 atom stereocenters. The van der Waals surface area contributed by atoms with Crippen molar-refractivity contribution in [1.29, 1.82) is 0 Å². The van der Waals surface area contributed by atoms with Crippen molar-refractivity contribution in [2.75, 3.05) is 19.8 Å². The van der Waals surface area contributed by atoms with Gasteiger partial charge < -0.3 is 45.1 Å². The van der Waals surface area contributed by atoms with Crippen molar-refractivity contribution >= 4 is 11.9 Å². The zero-order chi connectivity index (χ0) is 61.6. The van der Waals surface area contributed by atoms with Crippen LogP contribution < -0.4 is 5.32 Å². The molecule has 1 rings (SSSR count). The zero-order valence-electron chi connectivity index (χ0n) is 55.6. The normalized spacial score (nSPS) is 18.1. The highest BCUT2D eigenvalue weighted by Gasteiger charge is 2.44. The number of carbonyl (C=O) groups excluding carboxylic acids is 2. The molecule has 500 valence electrons. The van der Waals surface area contributed by atoms with Crippen molar-refractivity contribution in [2.24, 2.45) is 0 Å². The van der Waals surface area contributed by atoms with Gasteiger partial charge in [-0.2, -0.15) is 0 Å². The molecule has 0 radical (unpaired) electrons. The highest BCUT2D eigenvalue weighted by Crippen LogP contribution is 2.23. The summed E-state index contributed by atoms with van der Waals surface area (Å²) in [6.07, 6.45) is 71.6. The van der Waals surface area contributed by atoms with Gasteiger partial charge in [0.05, 0.1) is 32.0 Å². The van der Waals surface area contributed by atoms with Crippen LogP contribution in [-0.4, -0.2) is 100 Å². The third-order valence-corrected chi connectivity index (χ3v) is 17.5. The number of hydrogen-bond donors (Lipinski definition) is 6. The van der Waals surface area contributed by atoms with Crippen LogP contribution in [0.25, 0.3) is 0 Å². The van der Waals surface area contributed by atoms with E-state index in [1.807, 2.05) is 6.08 Å². The highest BCUT2D eigenvalue weighted by atomic mass is 16.7. The van der Waals surface area contributed by atoms with E-state index >= 15 is 0 Å². The Balaban J connectivity index is 1.92. The van der Waals surface area contributed by atoms with Crippen LogP contribution in [0.3, 0.4) is 0 Å². The number of carbonyl (C=O) groups is 2. The van der Waals surface area contributed by atoms with Crippen LogP contribution in [0.1, 0.15) is 361 Å². The van der Waals surface area contributed by atoms with Gasteiger partial charge in [0.2, 0.25) is 5.91 Å². The molecule has 6 N–H and O–H groups in total. The lowest BCUT2D eigenvalue weighted by Crippen LogP contribution is -2.60. The van der Waals surface area contributed by atoms with E-state index in [2.05, 4.69) is 43.5 Å². The van der Waals surface area contributed by atoms with Gasteiger partial charge in [0.15, 0.2) is 6.29 Å². The second-order valence-electron chi connectivity index (χ2n) is 25.6. The minimum absolute atomic E-state index is 0.0152. The molecule has 1 heterocycles. The Bertz CT molecular complexity index is 1510. The molecule has 0 aromatic rings. The van der Waals surface area contributed by atoms with Gasteiger partial charge in [-0.25, -0.2) is 0 Å². The molecule has 1 saturated heterocycles. The molecule has 1 aliphatic heterocycles. The zero-order valence-corrected chi connectivity index (χ0v) is 55.6. The summed E-state index contributed by atoms with van der Waals surface area (Å²) in [5.41, 5.74) is 0. The maximum absolute atomic E-state index is 13.1. The van der Waals surface area contributed by atoms with E-state index in [9.17, 15) is 35.1 Å². The van der Waals surface area contributed by atoms with Crippen molar-refractivity contribution in [1.82, 2.24) is 5.32 Å². The summed E-state index contributed by atoms with van der Waals surface area (Å²) in [5.74, 6) is -0.176. The van der Waals surface area contributed by atoms with E-state index in [1.165, 1.54) is 270 Å². The fraction of sp³-hybridized carbons (Fsp3) is 0.892. The minimum atomic E-state index is -1.58. The molecule has 11 nitrogen and oxygen atoms in total. The van der Waals surface area contributed by atoms with Crippen LogP contribution >= 0.6 is 0 Å². The summed E-state index contributed by atoms with van der Waals surface area (Å²) in [7, 11) is 0. The van der Waals surface area contributed by atoms with Gasteiger partial charge in [-0.1, -0.05) is 333 Å². The van der Waals surface area contributed by atoms with Crippen LogP contribution in [-0.2, 0) is 23.8 Å². The lowest BCUT2D eigenvalue weighted by molar-refractivity contribution is -0.302. The monoisotopic (exact) mass is 1200 g/mol. The number of esters is 1. The first kappa shape index (κ1) is 80.9. The summed E-state index contributed by atoms with van der Waals surface area (Å²) in [4.78, 5) is 25.1. The Kier molecular flexibility index (Phi) is 60.4. The number of aliphatic hydroxyl groups excluding tert-OH is 5.